The third-order valence-electron chi connectivity index (χ3n) is 4.37. The Hall–Kier alpha value is -1.84. The minimum atomic E-state index is 0.0762. The van der Waals surface area contributed by atoms with Crippen molar-refractivity contribution in [1.29, 1.82) is 0 Å². The molecule has 1 N–H and O–H groups in total. The lowest BCUT2D eigenvalue weighted by Gasteiger charge is -2.28. The lowest BCUT2D eigenvalue weighted by molar-refractivity contribution is 0.137. The monoisotopic (exact) mass is 367 g/mol. The van der Waals surface area contributed by atoms with E-state index in [0.29, 0.717) is 0 Å². The van der Waals surface area contributed by atoms with Gasteiger partial charge >= 0.3 is 0 Å². The van der Waals surface area contributed by atoms with E-state index >= 15 is 0 Å². The predicted molar refractivity (Wildman–Crippen MR) is 97.7 cm³/mol. The number of aryl methyl sites for hydroxylation is 1. The van der Waals surface area contributed by atoms with Crippen LogP contribution in [0.3, 0.4) is 0 Å². The lowest BCUT2D eigenvalue weighted by atomic mass is 9.97. The van der Waals surface area contributed by atoms with Crippen LogP contribution in [0.25, 0.3) is 10.8 Å². The molecular formula is C20H18BrNO. The number of ether oxygens (including phenoxy) is 1. The summed E-state index contributed by atoms with van der Waals surface area (Å²) in [5.41, 5.74) is 2.60. The van der Waals surface area contributed by atoms with Crippen molar-refractivity contribution in [3.05, 3.63) is 76.3 Å². The van der Waals surface area contributed by atoms with E-state index in [1.54, 1.807) is 0 Å². The van der Waals surface area contributed by atoms with Crippen LogP contribution in [-0.4, -0.2) is 6.23 Å². The zero-order valence-electron chi connectivity index (χ0n) is 12.8. The van der Waals surface area contributed by atoms with E-state index in [1.807, 2.05) is 0 Å². The highest BCUT2D eigenvalue weighted by atomic mass is 79.9. The SMILES string of the molecule is Brc1ccc(CNC2CCc3c(ccc4ccccc34)O2)cc1. The number of fused-ring (bicyclic) bond motifs is 3. The maximum atomic E-state index is 6.17. The van der Waals surface area contributed by atoms with Crippen molar-refractivity contribution in [3.63, 3.8) is 0 Å². The van der Waals surface area contributed by atoms with Gasteiger partial charge in [0.2, 0.25) is 0 Å². The van der Waals surface area contributed by atoms with Crippen molar-refractivity contribution in [2.24, 2.45) is 0 Å². The molecule has 0 bridgehead atoms. The molecular weight excluding hydrogens is 350 g/mol. The zero-order chi connectivity index (χ0) is 15.6. The standard InChI is InChI=1S/C20H18BrNO/c21-16-8-5-14(6-9-16)13-22-20-12-10-18-17-4-2-1-3-15(17)7-11-19(18)23-20/h1-9,11,20,22H,10,12-13H2. The fraction of sp³-hybridized carbons (Fsp3) is 0.200. The van der Waals surface area contributed by atoms with Gasteiger partial charge in [-0.05, 0) is 41.0 Å². The van der Waals surface area contributed by atoms with Gasteiger partial charge in [0.05, 0.1) is 0 Å². The van der Waals surface area contributed by atoms with E-state index in [-0.39, 0.29) is 6.23 Å². The summed E-state index contributed by atoms with van der Waals surface area (Å²) in [5.74, 6) is 1.02. The van der Waals surface area contributed by atoms with Crippen molar-refractivity contribution >= 4 is 26.7 Å². The first-order chi connectivity index (χ1) is 11.3. The van der Waals surface area contributed by atoms with Gasteiger partial charge in [-0.1, -0.05) is 58.4 Å². The number of benzene rings is 3. The van der Waals surface area contributed by atoms with Crippen molar-refractivity contribution in [2.45, 2.75) is 25.6 Å². The Balaban J connectivity index is 1.48. The molecule has 3 aromatic rings. The number of hydrogen-bond acceptors (Lipinski definition) is 2. The molecule has 0 spiro atoms. The fourth-order valence-electron chi connectivity index (χ4n) is 3.15. The average molecular weight is 368 g/mol. The molecule has 0 aliphatic carbocycles. The molecule has 1 unspecified atom stereocenters. The summed E-state index contributed by atoms with van der Waals surface area (Å²) in [6.07, 6.45) is 2.12. The average Bonchev–Trinajstić information content (AvgIpc) is 2.61. The molecule has 0 fully saturated rings. The van der Waals surface area contributed by atoms with Crippen LogP contribution in [-0.2, 0) is 13.0 Å². The number of halogens is 1. The molecule has 3 aromatic carbocycles. The van der Waals surface area contributed by atoms with Gasteiger partial charge < -0.3 is 4.74 Å². The highest BCUT2D eigenvalue weighted by Gasteiger charge is 2.20. The number of rotatable bonds is 3. The van der Waals surface area contributed by atoms with Crippen molar-refractivity contribution < 1.29 is 4.74 Å². The summed E-state index contributed by atoms with van der Waals surface area (Å²) in [7, 11) is 0. The van der Waals surface area contributed by atoms with E-state index in [0.717, 1.165) is 29.6 Å². The molecule has 1 heterocycles. The molecule has 0 radical (unpaired) electrons. The van der Waals surface area contributed by atoms with E-state index < -0.39 is 0 Å². The van der Waals surface area contributed by atoms with E-state index in [2.05, 4.69) is 81.9 Å². The molecule has 0 saturated heterocycles. The Bertz CT molecular complexity index is 829. The fourth-order valence-corrected chi connectivity index (χ4v) is 3.41. The molecule has 1 aliphatic rings. The first kappa shape index (κ1) is 14.7. The maximum absolute atomic E-state index is 6.17. The van der Waals surface area contributed by atoms with E-state index in [4.69, 9.17) is 4.74 Å². The van der Waals surface area contributed by atoms with E-state index in [9.17, 15) is 0 Å². The highest BCUT2D eigenvalue weighted by molar-refractivity contribution is 9.10. The minimum Gasteiger partial charge on any atom is -0.475 e. The molecule has 4 rings (SSSR count). The normalized spacial score (nSPS) is 16.8. The molecule has 23 heavy (non-hydrogen) atoms. The molecule has 3 heteroatoms. The Morgan fingerprint density at radius 1 is 1.00 bits per heavy atom. The second-order valence-corrected chi connectivity index (χ2v) is 6.83. The largest absolute Gasteiger partial charge is 0.475 e. The minimum absolute atomic E-state index is 0.0762. The topological polar surface area (TPSA) is 21.3 Å². The number of hydrogen-bond donors (Lipinski definition) is 1. The molecule has 0 saturated carbocycles. The summed E-state index contributed by atoms with van der Waals surface area (Å²) < 4.78 is 7.27. The second kappa shape index (κ2) is 6.34. The van der Waals surface area contributed by atoms with Gasteiger partial charge in [-0.25, -0.2) is 0 Å². The maximum Gasteiger partial charge on any atom is 0.150 e. The van der Waals surface area contributed by atoms with Crippen LogP contribution in [0, 0.1) is 0 Å². The molecule has 0 aromatic heterocycles. The van der Waals surface area contributed by atoms with Crippen molar-refractivity contribution in [3.8, 4) is 5.75 Å². The van der Waals surface area contributed by atoms with Gasteiger partial charge in [0.1, 0.15) is 5.75 Å². The molecule has 1 aliphatic heterocycles. The summed E-state index contributed by atoms with van der Waals surface area (Å²) in [4.78, 5) is 0. The first-order valence-corrected chi connectivity index (χ1v) is 8.74. The van der Waals surface area contributed by atoms with Crippen LogP contribution in [0.2, 0.25) is 0 Å². The van der Waals surface area contributed by atoms with Crippen LogP contribution < -0.4 is 10.1 Å². The number of nitrogens with one attached hydrogen (secondary N) is 1. The molecule has 0 amide bonds. The van der Waals surface area contributed by atoms with Gasteiger partial charge in [-0.15, -0.1) is 0 Å². The van der Waals surface area contributed by atoms with Gasteiger partial charge in [0, 0.05) is 23.0 Å². The Kier molecular flexibility index (Phi) is 4.06. The quantitative estimate of drug-likeness (QED) is 0.699. The zero-order valence-corrected chi connectivity index (χ0v) is 14.3. The second-order valence-electron chi connectivity index (χ2n) is 5.92. The third kappa shape index (κ3) is 3.12. The van der Waals surface area contributed by atoms with Crippen LogP contribution in [0.4, 0.5) is 0 Å². The molecule has 1 atom stereocenters. The van der Waals surface area contributed by atoms with Gasteiger partial charge in [-0.2, -0.15) is 0 Å². The summed E-state index contributed by atoms with van der Waals surface area (Å²) >= 11 is 3.47. The highest BCUT2D eigenvalue weighted by Crippen LogP contribution is 2.33. The summed E-state index contributed by atoms with van der Waals surface area (Å²) in [5, 5.41) is 6.11. The van der Waals surface area contributed by atoms with Crippen LogP contribution in [0.1, 0.15) is 17.5 Å². The summed E-state index contributed by atoms with van der Waals surface area (Å²) in [6, 6.07) is 21.2. The third-order valence-corrected chi connectivity index (χ3v) is 4.90. The lowest BCUT2D eigenvalue weighted by Crippen LogP contribution is -2.36. The van der Waals surface area contributed by atoms with Crippen LogP contribution in [0.5, 0.6) is 5.75 Å². The Morgan fingerprint density at radius 3 is 2.70 bits per heavy atom. The Labute approximate surface area is 144 Å². The van der Waals surface area contributed by atoms with Gasteiger partial charge in [-0.3, -0.25) is 5.32 Å². The Morgan fingerprint density at radius 2 is 1.83 bits per heavy atom. The van der Waals surface area contributed by atoms with Gasteiger partial charge in [0.25, 0.3) is 0 Å². The van der Waals surface area contributed by atoms with Crippen LogP contribution >= 0.6 is 15.9 Å². The van der Waals surface area contributed by atoms with Crippen molar-refractivity contribution in [2.75, 3.05) is 0 Å². The smallest absolute Gasteiger partial charge is 0.150 e. The van der Waals surface area contributed by atoms with E-state index in [1.165, 1.54) is 21.9 Å². The van der Waals surface area contributed by atoms with Gasteiger partial charge in [0.15, 0.2) is 6.23 Å². The molecule has 2 nitrogen and oxygen atoms in total. The molecule has 116 valence electrons. The summed E-state index contributed by atoms with van der Waals surface area (Å²) in [6.45, 7) is 0.820. The van der Waals surface area contributed by atoms with Crippen LogP contribution in [0.15, 0.2) is 65.1 Å². The van der Waals surface area contributed by atoms with Crippen molar-refractivity contribution in [1.82, 2.24) is 5.32 Å². The first-order valence-electron chi connectivity index (χ1n) is 7.95. The predicted octanol–water partition coefficient (Wildman–Crippen LogP) is 5.04.